The summed E-state index contributed by atoms with van der Waals surface area (Å²) >= 11 is 0. The summed E-state index contributed by atoms with van der Waals surface area (Å²) in [5.41, 5.74) is 2.44. The van der Waals surface area contributed by atoms with Crippen molar-refractivity contribution >= 4 is 23.2 Å². The first kappa shape index (κ1) is 20.0. The SMILES string of the molecule is O=C(Nc1ccc(NC2CCNC3NC(=O)C4CNCCC4C23)cc1)c1ccccc1. The molecule has 0 bridgehead atoms. The van der Waals surface area contributed by atoms with E-state index >= 15 is 0 Å². The van der Waals surface area contributed by atoms with Gasteiger partial charge in [-0.1, -0.05) is 18.2 Å². The maximum absolute atomic E-state index is 12.5. The van der Waals surface area contributed by atoms with Gasteiger partial charge in [0.05, 0.1) is 12.1 Å². The van der Waals surface area contributed by atoms with E-state index in [0.717, 1.165) is 43.9 Å². The van der Waals surface area contributed by atoms with Crippen LogP contribution in [-0.2, 0) is 4.79 Å². The normalized spacial score (nSPS) is 29.8. The lowest BCUT2D eigenvalue weighted by molar-refractivity contribution is -0.135. The van der Waals surface area contributed by atoms with Crippen molar-refractivity contribution in [2.45, 2.75) is 25.0 Å². The third-order valence-corrected chi connectivity index (χ3v) is 6.86. The van der Waals surface area contributed by atoms with E-state index in [1.807, 2.05) is 42.5 Å². The minimum atomic E-state index is -0.114. The number of hydrogen-bond donors (Lipinski definition) is 5. The van der Waals surface area contributed by atoms with Gasteiger partial charge in [-0.15, -0.1) is 0 Å². The number of piperidine rings is 3. The largest absolute Gasteiger partial charge is 0.382 e. The molecule has 0 aliphatic carbocycles. The minimum Gasteiger partial charge on any atom is -0.382 e. The summed E-state index contributed by atoms with van der Waals surface area (Å²) in [7, 11) is 0. The molecule has 5 unspecified atom stereocenters. The van der Waals surface area contributed by atoms with E-state index in [0.29, 0.717) is 23.4 Å². The van der Waals surface area contributed by atoms with Crippen molar-refractivity contribution < 1.29 is 9.59 Å². The summed E-state index contributed by atoms with van der Waals surface area (Å²) in [5.74, 6) is 0.850. The van der Waals surface area contributed by atoms with Crippen LogP contribution in [0, 0.1) is 17.8 Å². The van der Waals surface area contributed by atoms with Crippen LogP contribution in [0.25, 0.3) is 0 Å². The van der Waals surface area contributed by atoms with E-state index in [4.69, 9.17) is 0 Å². The van der Waals surface area contributed by atoms with Crippen molar-refractivity contribution in [2.24, 2.45) is 17.8 Å². The molecule has 7 heteroatoms. The lowest BCUT2D eigenvalue weighted by Crippen LogP contribution is -2.69. The van der Waals surface area contributed by atoms with E-state index in [1.165, 1.54) is 0 Å². The Bertz CT molecular complexity index is 933. The Balaban J connectivity index is 1.27. The second kappa shape index (κ2) is 8.69. The van der Waals surface area contributed by atoms with Gasteiger partial charge in [-0.05, 0) is 68.2 Å². The maximum atomic E-state index is 12.5. The highest BCUT2D eigenvalue weighted by molar-refractivity contribution is 6.04. The number of anilines is 2. The molecule has 162 valence electrons. The average Bonchev–Trinajstić information content (AvgIpc) is 2.81. The molecule has 0 saturated carbocycles. The highest BCUT2D eigenvalue weighted by Crippen LogP contribution is 2.38. The number of fused-ring (bicyclic) bond motifs is 3. The Morgan fingerprint density at radius 3 is 2.52 bits per heavy atom. The predicted octanol–water partition coefficient (Wildman–Crippen LogP) is 2.01. The first-order valence-electron chi connectivity index (χ1n) is 11.2. The quantitative estimate of drug-likeness (QED) is 0.523. The average molecular weight is 420 g/mol. The molecule has 31 heavy (non-hydrogen) atoms. The number of benzene rings is 2. The van der Waals surface area contributed by atoms with Gasteiger partial charge < -0.3 is 21.3 Å². The maximum Gasteiger partial charge on any atom is 0.255 e. The molecule has 3 aliphatic heterocycles. The Morgan fingerprint density at radius 2 is 1.71 bits per heavy atom. The number of carbonyl (C=O) groups excluding carboxylic acids is 2. The van der Waals surface area contributed by atoms with Crippen molar-refractivity contribution in [3.8, 4) is 0 Å². The molecule has 3 heterocycles. The van der Waals surface area contributed by atoms with Crippen LogP contribution in [0.4, 0.5) is 11.4 Å². The Morgan fingerprint density at radius 1 is 0.935 bits per heavy atom. The van der Waals surface area contributed by atoms with E-state index in [9.17, 15) is 9.59 Å². The van der Waals surface area contributed by atoms with Crippen LogP contribution in [0.1, 0.15) is 23.2 Å². The van der Waals surface area contributed by atoms with Gasteiger partial charge in [0.25, 0.3) is 5.91 Å². The minimum absolute atomic E-state index is 0.0301. The van der Waals surface area contributed by atoms with Gasteiger partial charge >= 0.3 is 0 Å². The second-order valence-corrected chi connectivity index (χ2v) is 8.72. The topological polar surface area (TPSA) is 94.3 Å². The van der Waals surface area contributed by atoms with Crippen molar-refractivity contribution in [3.63, 3.8) is 0 Å². The van der Waals surface area contributed by atoms with Crippen molar-refractivity contribution in [1.29, 1.82) is 0 Å². The van der Waals surface area contributed by atoms with Crippen LogP contribution >= 0.6 is 0 Å². The molecule has 2 amide bonds. The van der Waals surface area contributed by atoms with Crippen LogP contribution < -0.4 is 26.6 Å². The van der Waals surface area contributed by atoms with Gasteiger partial charge in [0.2, 0.25) is 5.91 Å². The number of hydrogen-bond acceptors (Lipinski definition) is 5. The first-order valence-corrected chi connectivity index (χ1v) is 11.2. The molecule has 5 rings (SSSR count). The molecule has 0 spiro atoms. The fraction of sp³-hybridized carbons (Fsp3) is 0.417. The molecule has 0 radical (unpaired) electrons. The van der Waals surface area contributed by atoms with E-state index in [2.05, 4.69) is 26.6 Å². The van der Waals surface area contributed by atoms with Gasteiger partial charge in [0.15, 0.2) is 0 Å². The van der Waals surface area contributed by atoms with Crippen molar-refractivity contribution in [3.05, 3.63) is 60.2 Å². The van der Waals surface area contributed by atoms with Gasteiger partial charge in [0.1, 0.15) is 0 Å². The Kier molecular flexibility index (Phi) is 5.61. The second-order valence-electron chi connectivity index (χ2n) is 8.72. The van der Waals surface area contributed by atoms with Crippen molar-refractivity contribution in [1.82, 2.24) is 16.0 Å². The summed E-state index contributed by atoms with van der Waals surface area (Å²) < 4.78 is 0. The zero-order valence-corrected chi connectivity index (χ0v) is 17.4. The molecule has 3 fully saturated rings. The molecular formula is C24H29N5O2. The lowest BCUT2D eigenvalue weighted by atomic mass is 9.68. The van der Waals surface area contributed by atoms with E-state index in [-0.39, 0.29) is 23.9 Å². The molecule has 5 atom stereocenters. The number of rotatable bonds is 4. The molecule has 2 aromatic rings. The summed E-state index contributed by atoms with van der Waals surface area (Å²) in [6.45, 7) is 2.61. The monoisotopic (exact) mass is 419 g/mol. The summed E-state index contributed by atoms with van der Waals surface area (Å²) in [6, 6.07) is 17.4. The Hall–Kier alpha value is -2.90. The highest BCUT2D eigenvalue weighted by Gasteiger charge is 2.49. The third-order valence-electron chi connectivity index (χ3n) is 6.86. The van der Waals surface area contributed by atoms with Gasteiger partial charge in [-0.25, -0.2) is 0 Å². The first-order chi connectivity index (χ1) is 15.2. The molecule has 0 aromatic heterocycles. The van der Waals surface area contributed by atoms with E-state index in [1.54, 1.807) is 12.1 Å². The van der Waals surface area contributed by atoms with Crippen molar-refractivity contribution in [2.75, 3.05) is 30.3 Å². The molecule has 7 nitrogen and oxygen atoms in total. The fourth-order valence-electron chi connectivity index (χ4n) is 5.36. The number of nitrogens with one attached hydrogen (secondary N) is 5. The van der Waals surface area contributed by atoms with Crippen LogP contribution in [0.2, 0.25) is 0 Å². The van der Waals surface area contributed by atoms with E-state index < -0.39 is 0 Å². The van der Waals surface area contributed by atoms with Crippen LogP contribution in [0.5, 0.6) is 0 Å². The molecular weight excluding hydrogens is 390 g/mol. The van der Waals surface area contributed by atoms with Crippen LogP contribution in [0.3, 0.4) is 0 Å². The highest BCUT2D eigenvalue weighted by atomic mass is 16.2. The van der Waals surface area contributed by atoms with Gasteiger partial charge in [-0.2, -0.15) is 0 Å². The Labute approximate surface area is 182 Å². The zero-order valence-electron chi connectivity index (χ0n) is 17.4. The molecule has 3 saturated heterocycles. The molecule has 2 aromatic carbocycles. The lowest BCUT2D eigenvalue weighted by Gasteiger charge is -2.51. The van der Waals surface area contributed by atoms with Crippen LogP contribution in [0.15, 0.2) is 54.6 Å². The van der Waals surface area contributed by atoms with Crippen LogP contribution in [-0.4, -0.2) is 43.7 Å². The number of amides is 2. The summed E-state index contributed by atoms with van der Waals surface area (Å²) in [4.78, 5) is 24.9. The summed E-state index contributed by atoms with van der Waals surface area (Å²) in [6.07, 6.45) is 2.08. The fourth-order valence-corrected chi connectivity index (χ4v) is 5.36. The third kappa shape index (κ3) is 4.16. The van der Waals surface area contributed by atoms with Gasteiger partial charge in [-0.3, -0.25) is 14.9 Å². The molecule has 5 N–H and O–H groups in total. The zero-order chi connectivity index (χ0) is 21.2. The standard InChI is InChI=1S/C24H29N5O2/c30-23(15-4-2-1-3-5-15)28-17-8-6-16(7-9-17)27-20-11-13-26-22-21(20)18-10-12-25-14-19(18)24(31)29-22/h1-9,18-22,25-27H,10-14H2,(H,28,30)(H,29,31). The summed E-state index contributed by atoms with van der Waals surface area (Å²) in [5, 5.41) is 16.7. The predicted molar refractivity (Wildman–Crippen MR) is 121 cm³/mol. The van der Waals surface area contributed by atoms with Gasteiger partial charge in [0, 0.05) is 35.4 Å². The smallest absolute Gasteiger partial charge is 0.255 e. The number of carbonyl (C=O) groups is 2. The molecule has 3 aliphatic rings.